The number of nitrogens with zero attached hydrogens (tertiary/aromatic N) is 3. The maximum absolute atomic E-state index is 13.0. The number of anilines is 3. The third-order valence-corrected chi connectivity index (χ3v) is 6.67. The van der Waals surface area contributed by atoms with Crippen molar-refractivity contribution >= 4 is 51.4 Å². The van der Waals surface area contributed by atoms with Crippen molar-refractivity contribution in [2.45, 2.75) is 10.9 Å². The van der Waals surface area contributed by atoms with Crippen LogP contribution in [0.2, 0.25) is 0 Å². The van der Waals surface area contributed by atoms with Gasteiger partial charge in [0.2, 0.25) is 11.0 Å². The van der Waals surface area contributed by atoms with Crippen molar-refractivity contribution in [1.82, 2.24) is 15.5 Å². The summed E-state index contributed by atoms with van der Waals surface area (Å²) >= 11 is 2.54. The van der Waals surface area contributed by atoms with Crippen LogP contribution in [0, 0.1) is 5.82 Å². The summed E-state index contributed by atoms with van der Waals surface area (Å²) in [6.07, 6.45) is 1.54. The van der Waals surface area contributed by atoms with E-state index in [0.29, 0.717) is 32.2 Å². The molecular formula is C23H20FN5O3S2. The van der Waals surface area contributed by atoms with Crippen LogP contribution >= 0.6 is 23.1 Å². The Morgan fingerprint density at radius 2 is 1.88 bits per heavy atom. The number of carbonyl (C=O) groups is 2. The zero-order valence-electron chi connectivity index (χ0n) is 18.0. The molecule has 0 saturated heterocycles. The van der Waals surface area contributed by atoms with Gasteiger partial charge in [0.1, 0.15) is 11.6 Å². The van der Waals surface area contributed by atoms with E-state index in [1.807, 2.05) is 0 Å². The number of furan rings is 1. The van der Waals surface area contributed by atoms with Crippen molar-refractivity contribution in [2.75, 3.05) is 23.0 Å². The van der Waals surface area contributed by atoms with Gasteiger partial charge in [-0.3, -0.25) is 9.59 Å². The lowest BCUT2D eigenvalue weighted by Crippen LogP contribution is -2.31. The predicted octanol–water partition coefficient (Wildman–Crippen LogP) is 4.70. The number of para-hydroxylation sites is 1. The lowest BCUT2D eigenvalue weighted by atomic mass is 10.1. The zero-order valence-corrected chi connectivity index (χ0v) is 19.7. The number of aromatic nitrogens is 2. The van der Waals surface area contributed by atoms with Crippen LogP contribution in [0.1, 0.15) is 16.1 Å². The van der Waals surface area contributed by atoms with Crippen LogP contribution in [0.4, 0.5) is 20.9 Å². The van der Waals surface area contributed by atoms with Crippen molar-refractivity contribution in [3.05, 3.63) is 84.1 Å². The van der Waals surface area contributed by atoms with E-state index >= 15 is 0 Å². The number of carbonyl (C=O) groups excluding carboxylic acids is 2. The number of hydrogen-bond donors (Lipinski definition) is 2. The molecule has 0 fully saturated rings. The molecule has 2 aromatic heterocycles. The largest absolute Gasteiger partial charge is 0.467 e. The first-order valence-electron chi connectivity index (χ1n) is 10.1. The summed E-state index contributed by atoms with van der Waals surface area (Å²) in [5, 5.41) is 14.5. The number of amides is 2. The Labute approximate surface area is 203 Å². The molecule has 11 heteroatoms. The highest BCUT2D eigenvalue weighted by molar-refractivity contribution is 8.01. The van der Waals surface area contributed by atoms with Crippen molar-refractivity contribution in [3.8, 4) is 0 Å². The van der Waals surface area contributed by atoms with Gasteiger partial charge in [0, 0.05) is 12.7 Å². The van der Waals surface area contributed by atoms with E-state index in [-0.39, 0.29) is 29.9 Å². The third kappa shape index (κ3) is 6.00. The summed E-state index contributed by atoms with van der Waals surface area (Å²) in [5.41, 5.74) is 1.57. The molecule has 0 bridgehead atoms. The molecule has 0 aliphatic heterocycles. The van der Waals surface area contributed by atoms with Gasteiger partial charge in [-0.05, 0) is 48.5 Å². The molecule has 0 unspecified atom stereocenters. The van der Waals surface area contributed by atoms with E-state index in [0.717, 1.165) is 0 Å². The molecule has 0 saturated carbocycles. The van der Waals surface area contributed by atoms with Crippen LogP contribution in [0.5, 0.6) is 0 Å². The zero-order chi connectivity index (χ0) is 23.9. The number of halogens is 1. The maximum atomic E-state index is 13.0. The van der Waals surface area contributed by atoms with Crippen LogP contribution in [0.15, 0.2) is 75.7 Å². The van der Waals surface area contributed by atoms with Crippen molar-refractivity contribution in [1.29, 1.82) is 0 Å². The summed E-state index contributed by atoms with van der Waals surface area (Å²) in [4.78, 5) is 27.0. The van der Waals surface area contributed by atoms with E-state index in [2.05, 4.69) is 20.8 Å². The molecule has 174 valence electrons. The van der Waals surface area contributed by atoms with E-state index in [4.69, 9.17) is 4.42 Å². The minimum atomic E-state index is -0.321. The first kappa shape index (κ1) is 23.5. The molecule has 4 rings (SSSR count). The van der Waals surface area contributed by atoms with Crippen molar-refractivity contribution in [2.24, 2.45) is 0 Å². The molecule has 0 atom stereocenters. The van der Waals surface area contributed by atoms with Gasteiger partial charge >= 0.3 is 0 Å². The Hall–Kier alpha value is -3.70. The van der Waals surface area contributed by atoms with E-state index in [1.54, 1.807) is 61.8 Å². The lowest BCUT2D eigenvalue weighted by Gasteiger charge is -2.20. The van der Waals surface area contributed by atoms with Gasteiger partial charge in [-0.25, -0.2) is 4.39 Å². The van der Waals surface area contributed by atoms with E-state index in [1.165, 1.54) is 40.1 Å². The molecule has 8 nitrogen and oxygen atoms in total. The quantitative estimate of drug-likeness (QED) is 0.323. The van der Waals surface area contributed by atoms with Gasteiger partial charge in [0.25, 0.3) is 5.91 Å². The van der Waals surface area contributed by atoms with Crippen LogP contribution < -0.4 is 15.5 Å². The Morgan fingerprint density at radius 3 is 2.65 bits per heavy atom. The Kier molecular flexibility index (Phi) is 7.55. The standard InChI is InChI=1S/C23H20FN5O3S2/c1-29(19-7-3-2-6-18(19)21(31)25-13-17-5-4-12-32-17)20(30)14-33-23-28-27-22(34-23)26-16-10-8-15(24)9-11-16/h2-12H,13-14H2,1H3,(H,25,31)(H,26,27). The van der Waals surface area contributed by atoms with E-state index in [9.17, 15) is 14.0 Å². The van der Waals surface area contributed by atoms with Crippen LogP contribution in [0.25, 0.3) is 0 Å². The minimum Gasteiger partial charge on any atom is -0.467 e. The van der Waals surface area contributed by atoms with Gasteiger partial charge in [0.15, 0.2) is 4.34 Å². The van der Waals surface area contributed by atoms with Gasteiger partial charge in [0.05, 0.1) is 29.8 Å². The van der Waals surface area contributed by atoms with Crippen LogP contribution in [-0.2, 0) is 11.3 Å². The molecule has 0 aliphatic carbocycles. The second-order valence-electron chi connectivity index (χ2n) is 7.03. The SMILES string of the molecule is CN(C(=O)CSc1nnc(Nc2ccc(F)cc2)s1)c1ccccc1C(=O)NCc1ccco1. The number of nitrogens with one attached hydrogen (secondary N) is 2. The second-order valence-corrected chi connectivity index (χ2v) is 9.23. The molecule has 34 heavy (non-hydrogen) atoms. The molecule has 2 amide bonds. The smallest absolute Gasteiger partial charge is 0.253 e. The summed E-state index contributed by atoms with van der Waals surface area (Å²) < 4.78 is 18.9. The average Bonchev–Trinajstić information content (AvgIpc) is 3.54. The molecule has 2 N–H and O–H groups in total. The maximum Gasteiger partial charge on any atom is 0.253 e. The Balaban J connectivity index is 1.34. The third-order valence-electron chi connectivity index (χ3n) is 4.71. The fraction of sp³-hybridized carbons (Fsp3) is 0.130. The van der Waals surface area contributed by atoms with Gasteiger partial charge in [-0.2, -0.15) is 0 Å². The molecule has 2 aromatic carbocycles. The number of rotatable bonds is 9. The van der Waals surface area contributed by atoms with Gasteiger partial charge in [-0.15, -0.1) is 10.2 Å². The molecule has 2 heterocycles. The lowest BCUT2D eigenvalue weighted by molar-refractivity contribution is -0.115. The van der Waals surface area contributed by atoms with Gasteiger partial charge < -0.3 is 20.0 Å². The van der Waals surface area contributed by atoms with Crippen LogP contribution in [-0.4, -0.2) is 34.8 Å². The van der Waals surface area contributed by atoms with Crippen LogP contribution in [0.3, 0.4) is 0 Å². The highest BCUT2D eigenvalue weighted by atomic mass is 32.2. The number of hydrogen-bond acceptors (Lipinski definition) is 8. The summed E-state index contributed by atoms with van der Waals surface area (Å²) in [6.45, 7) is 0.249. The molecule has 0 spiro atoms. The highest BCUT2D eigenvalue weighted by Crippen LogP contribution is 2.28. The highest BCUT2D eigenvalue weighted by Gasteiger charge is 2.19. The van der Waals surface area contributed by atoms with E-state index < -0.39 is 0 Å². The fourth-order valence-corrected chi connectivity index (χ4v) is 4.65. The van der Waals surface area contributed by atoms with Gasteiger partial charge in [-0.1, -0.05) is 35.2 Å². The second kappa shape index (κ2) is 10.9. The Bertz CT molecular complexity index is 1260. The molecular weight excluding hydrogens is 477 g/mol. The first-order chi connectivity index (χ1) is 16.5. The van der Waals surface area contributed by atoms with Crippen molar-refractivity contribution in [3.63, 3.8) is 0 Å². The normalized spacial score (nSPS) is 10.6. The topological polar surface area (TPSA) is 100 Å². The first-order valence-corrected chi connectivity index (χ1v) is 11.9. The monoisotopic (exact) mass is 497 g/mol. The number of benzene rings is 2. The summed E-state index contributed by atoms with van der Waals surface area (Å²) in [7, 11) is 1.63. The average molecular weight is 498 g/mol. The fourth-order valence-electron chi connectivity index (χ4n) is 2.96. The molecule has 0 aliphatic rings. The number of thioether (sulfide) groups is 1. The summed E-state index contributed by atoms with van der Waals surface area (Å²) in [5.74, 6) is -0.0703. The molecule has 4 aromatic rings. The summed E-state index contributed by atoms with van der Waals surface area (Å²) in [6, 6.07) is 16.3. The van der Waals surface area contributed by atoms with Crippen molar-refractivity contribution < 1.29 is 18.4 Å². The Morgan fingerprint density at radius 1 is 1.09 bits per heavy atom. The molecule has 0 radical (unpaired) electrons. The minimum absolute atomic E-state index is 0.115. The predicted molar refractivity (Wildman–Crippen MR) is 130 cm³/mol.